The molecule has 1 N–H and O–H groups in total. The van der Waals surface area contributed by atoms with Gasteiger partial charge in [-0.2, -0.15) is 5.10 Å². The highest BCUT2D eigenvalue weighted by Gasteiger charge is 2.26. The Balaban J connectivity index is 0.00000288. The Kier molecular flexibility index (Phi) is 9.65. The van der Waals surface area contributed by atoms with Gasteiger partial charge in [-0.3, -0.25) is 9.67 Å². The van der Waals surface area contributed by atoms with Crippen LogP contribution in [0, 0.1) is 0 Å². The van der Waals surface area contributed by atoms with Crippen LogP contribution in [0.15, 0.2) is 17.4 Å². The van der Waals surface area contributed by atoms with Gasteiger partial charge in [-0.05, 0) is 38.0 Å². The highest BCUT2D eigenvalue weighted by Crippen LogP contribution is 2.26. The fraction of sp³-hybridized carbons (Fsp3) is 0.765. The highest BCUT2D eigenvalue weighted by molar-refractivity contribution is 14.0. The number of aromatic nitrogens is 2. The topological polar surface area (TPSA) is 48.7 Å². The molecule has 138 valence electrons. The minimum absolute atomic E-state index is 0. The molecule has 0 saturated carbocycles. The standard InChI is InChI=1S/C17H32N6.HI/c1-5-22(6-2)10-7-9-19-17(18-3)23-11-8-15(14-23)16-12-20-21(4)13-16;/h12-13,15H,5-11,14H2,1-4H3,(H,18,19);1H. The van der Waals surface area contributed by atoms with E-state index < -0.39 is 0 Å². The third kappa shape index (κ3) is 5.91. The molecule has 7 heteroatoms. The first-order chi connectivity index (χ1) is 11.2. The summed E-state index contributed by atoms with van der Waals surface area (Å²) >= 11 is 0. The van der Waals surface area contributed by atoms with Gasteiger partial charge in [0.1, 0.15) is 0 Å². The number of halogens is 1. The number of hydrogen-bond acceptors (Lipinski definition) is 3. The summed E-state index contributed by atoms with van der Waals surface area (Å²) in [5, 5.41) is 7.81. The number of nitrogens with zero attached hydrogens (tertiary/aromatic N) is 5. The van der Waals surface area contributed by atoms with Gasteiger partial charge >= 0.3 is 0 Å². The lowest BCUT2D eigenvalue weighted by Gasteiger charge is -2.23. The number of aliphatic imine (C=N–C) groups is 1. The van der Waals surface area contributed by atoms with Crippen LogP contribution in [-0.2, 0) is 7.05 Å². The van der Waals surface area contributed by atoms with Crippen molar-refractivity contribution in [3.63, 3.8) is 0 Å². The van der Waals surface area contributed by atoms with Crippen molar-refractivity contribution in [1.29, 1.82) is 0 Å². The average molecular weight is 448 g/mol. The third-order valence-corrected chi connectivity index (χ3v) is 4.72. The Morgan fingerprint density at radius 1 is 1.42 bits per heavy atom. The molecule has 1 aromatic rings. The number of aryl methyl sites for hydroxylation is 1. The van der Waals surface area contributed by atoms with Crippen molar-refractivity contribution in [2.75, 3.05) is 46.3 Å². The molecule has 1 unspecified atom stereocenters. The molecule has 2 heterocycles. The van der Waals surface area contributed by atoms with E-state index in [1.807, 2.05) is 25.0 Å². The summed E-state index contributed by atoms with van der Waals surface area (Å²) in [5.41, 5.74) is 1.34. The lowest BCUT2D eigenvalue weighted by atomic mass is 10.0. The first-order valence-corrected chi connectivity index (χ1v) is 8.84. The minimum Gasteiger partial charge on any atom is -0.356 e. The second-order valence-electron chi connectivity index (χ2n) is 6.23. The molecule has 1 saturated heterocycles. The van der Waals surface area contributed by atoms with Crippen LogP contribution in [0.5, 0.6) is 0 Å². The second-order valence-corrected chi connectivity index (χ2v) is 6.23. The summed E-state index contributed by atoms with van der Waals surface area (Å²) in [6.45, 7) is 10.9. The van der Waals surface area contributed by atoms with Gasteiger partial charge in [0.2, 0.25) is 0 Å². The average Bonchev–Trinajstić information content (AvgIpc) is 3.20. The van der Waals surface area contributed by atoms with Crippen molar-refractivity contribution in [3.8, 4) is 0 Å². The van der Waals surface area contributed by atoms with Crippen LogP contribution >= 0.6 is 24.0 Å². The number of likely N-dealkylation sites (tertiary alicyclic amines) is 1. The Bertz CT molecular complexity index is 497. The molecule has 1 aromatic heterocycles. The van der Waals surface area contributed by atoms with E-state index in [4.69, 9.17) is 0 Å². The van der Waals surface area contributed by atoms with Crippen LogP contribution in [0.2, 0.25) is 0 Å². The zero-order chi connectivity index (χ0) is 16.7. The fourth-order valence-electron chi connectivity index (χ4n) is 3.25. The van der Waals surface area contributed by atoms with Crippen LogP contribution in [0.1, 0.15) is 38.2 Å². The summed E-state index contributed by atoms with van der Waals surface area (Å²) in [4.78, 5) is 9.28. The zero-order valence-corrected chi connectivity index (χ0v) is 17.9. The Morgan fingerprint density at radius 3 is 2.75 bits per heavy atom. The van der Waals surface area contributed by atoms with Crippen molar-refractivity contribution >= 4 is 29.9 Å². The summed E-state index contributed by atoms with van der Waals surface area (Å²) in [6.07, 6.45) is 6.45. The zero-order valence-electron chi connectivity index (χ0n) is 15.5. The van der Waals surface area contributed by atoms with Gasteiger partial charge in [0.05, 0.1) is 6.20 Å². The van der Waals surface area contributed by atoms with Gasteiger partial charge in [-0.15, -0.1) is 24.0 Å². The SMILES string of the molecule is CCN(CC)CCCNC(=NC)N1CCC(c2cnn(C)c2)C1.I. The number of nitrogens with one attached hydrogen (secondary N) is 1. The summed E-state index contributed by atoms with van der Waals surface area (Å²) < 4.78 is 1.89. The predicted molar refractivity (Wildman–Crippen MR) is 111 cm³/mol. The largest absolute Gasteiger partial charge is 0.356 e. The minimum atomic E-state index is 0. The van der Waals surface area contributed by atoms with Gasteiger partial charge in [0.15, 0.2) is 5.96 Å². The molecule has 0 aliphatic carbocycles. The van der Waals surface area contributed by atoms with E-state index in [2.05, 4.69) is 45.3 Å². The monoisotopic (exact) mass is 448 g/mol. The van der Waals surface area contributed by atoms with Crippen molar-refractivity contribution in [2.24, 2.45) is 12.0 Å². The Labute approximate surface area is 163 Å². The first kappa shape index (κ1) is 21.2. The molecule has 6 nitrogen and oxygen atoms in total. The Morgan fingerprint density at radius 2 is 2.17 bits per heavy atom. The molecule has 0 bridgehead atoms. The predicted octanol–water partition coefficient (Wildman–Crippen LogP) is 2.13. The molecule has 24 heavy (non-hydrogen) atoms. The van der Waals surface area contributed by atoms with Crippen molar-refractivity contribution in [3.05, 3.63) is 18.0 Å². The van der Waals surface area contributed by atoms with E-state index in [0.717, 1.165) is 51.6 Å². The molecule has 0 amide bonds. The van der Waals surface area contributed by atoms with Crippen LogP contribution in [0.25, 0.3) is 0 Å². The summed E-state index contributed by atoms with van der Waals surface area (Å²) in [5.74, 6) is 1.61. The maximum absolute atomic E-state index is 4.46. The molecule has 1 fully saturated rings. The van der Waals surface area contributed by atoms with Gasteiger partial charge < -0.3 is 15.1 Å². The number of hydrogen-bond donors (Lipinski definition) is 1. The summed E-state index contributed by atoms with van der Waals surface area (Å²) in [6, 6.07) is 0. The fourth-order valence-corrected chi connectivity index (χ4v) is 3.25. The third-order valence-electron chi connectivity index (χ3n) is 4.72. The normalized spacial score (nSPS) is 18.1. The van der Waals surface area contributed by atoms with Gasteiger partial charge in [-0.1, -0.05) is 13.8 Å². The van der Waals surface area contributed by atoms with Crippen molar-refractivity contribution in [1.82, 2.24) is 24.9 Å². The second kappa shape index (κ2) is 10.9. The van der Waals surface area contributed by atoms with Gasteiger partial charge in [0.25, 0.3) is 0 Å². The lowest BCUT2D eigenvalue weighted by molar-refractivity contribution is 0.299. The highest BCUT2D eigenvalue weighted by atomic mass is 127. The van der Waals surface area contributed by atoms with Crippen molar-refractivity contribution < 1.29 is 0 Å². The quantitative estimate of drug-likeness (QED) is 0.301. The molecular formula is C17H33IN6. The van der Waals surface area contributed by atoms with E-state index in [1.165, 1.54) is 12.0 Å². The summed E-state index contributed by atoms with van der Waals surface area (Å²) in [7, 11) is 3.86. The molecule has 2 rings (SSSR count). The molecule has 0 aromatic carbocycles. The molecule has 1 aliphatic rings. The van der Waals surface area contributed by atoms with Crippen LogP contribution in [0.3, 0.4) is 0 Å². The van der Waals surface area contributed by atoms with E-state index >= 15 is 0 Å². The molecular weight excluding hydrogens is 415 g/mol. The number of rotatable bonds is 7. The van der Waals surface area contributed by atoms with E-state index in [-0.39, 0.29) is 24.0 Å². The molecule has 0 radical (unpaired) electrons. The molecule has 0 spiro atoms. The van der Waals surface area contributed by atoms with Crippen LogP contribution in [-0.4, -0.2) is 71.9 Å². The van der Waals surface area contributed by atoms with Crippen LogP contribution < -0.4 is 5.32 Å². The van der Waals surface area contributed by atoms with E-state index in [0.29, 0.717) is 5.92 Å². The van der Waals surface area contributed by atoms with Crippen molar-refractivity contribution in [2.45, 2.75) is 32.6 Å². The number of guanidine groups is 1. The first-order valence-electron chi connectivity index (χ1n) is 8.84. The lowest BCUT2D eigenvalue weighted by Crippen LogP contribution is -2.41. The Hall–Kier alpha value is -0.830. The maximum Gasteiger partial charge on any atom is 0.193 e. The molecule has 1 atom stereocenters. The molecule has 1 aliphatic heterocycles. The smallest absolute Gasteiger partial charge is 0.193 e. The van der Waals surface area contributed by atoms with Gasteiger partial charge in [-0.25, -0.2) is 0 Å². The van der Waals surface area contributed by atoms with Crippen LogP contribution in [0.4, 0.5) is 0 Å². The van der Waals surface area contributed by atoms with Gasteiger partial charge in [0, 0.05) is 45.8 Å². The van der Waals surface area contributed by atoms with E-state index in [1.54, 1.807) is 0 Å². The van der Waals surface area contributed by atoms with E-state index in [9.17, 15) is 0 Å². The maximum atomic E-state index is 4.46.